The van der Waals surface area contributed by atoms with Gasteiger partial charge in [0, 0.05) is 32.7 Å². The number of aryl methyl sites for hydroxylation is 2. The van der Waals surface area contributed by atoms with Crippen LogP contribution in [0.4, 0.5) is 0 Å². The normalized spacial score (nSPS) is 16.8. The van der Waals surface area contributed by atoms with Crippen molar-refractivity contribution in [2.75, 3.05) is 32.7 Å². The van der Waals surface area contributed by atoms with Gasteiger partial charge in [-0.1, -0.05) is 0 Å². The number of carbonyl (C=O) groups is 1. The summed E-state index contributed by atoms with van der Waals surface area (Å²) in [5, 5.41) is 7.72. The highest BCUT2D eigenvalue weighted by molar-refractivity contribution is 9.10. The van der Waals surface area contributed by atoms with Crippen molar-refractivity contribution in [1.29, 1.82) is 0 Å². The van der Waals surface area contributed by atoms with Gasteiger partial charge in [-0.25, -0.2) is 0 Å². The van der Waals surface area contributed by atoms with E-state index in [-0.39, 0.29) is 5.78 Å². The molecule has 0 unspecified atom stereocenters. The number of hydrogen-bond donors (Lipinski definition) is 1. The predicted molar refractivity (Wildman–Crippen MR) is 78.4 cm³/mol. The molecule has 0 aliphatic carbocycles. The summed E-state index contributed by atoms with van der Waals surface area (Å²) in [6, 6.07) is 0. The number of hydrogen-bond acceptors (Lipinski definition) is 4. The molecule has 1 aliphatic heterocycles. The summed E-state index contributed by atoms with van der Waals surface area (Å²) < 4.78 is 2.89. The van der Waals surface area contributed by atoms with Gasteiger partial charge in [0.1, 0.15) is 0 Å². The largest absolute Gasteiger partial charge is 0.314 e. The van der Waals surface area contributed by atoms with Crippen LogP contribution < -0.4 is 5.32 Å². The maximum atomic E-state index is 12.2. The van der Waals surface area contributed by atoms with Crippen LogP contribution in [0.25, 0.3) is 0 Å². The van der Waals surface area contributed by atoms with Gasteiger partial charge in [0.25, 0.3) is 0 Å². The first-order valence-electron chi connectivity index (χ1n) is 6.78. The zero-order valence-electron chi connectivity index (χ0n) is 11.6. The molecule has 2 heterocycles. The lowest BCUT2D eigenvalue weighted by Gasteiger charge is -2.26. The maximum Gasteiger partial charge on any atom is 0.152 e. The molecule has 2 rings (SSSR count). The summed E-state index contributed by atoms with van der Waals surface area (Å²) in [5.41, 5.74) is 1.95. The van der Waals surface area contributed by atoms with E-state index in [1.165, 1.54) is 0 Å². The first kappa shape index (κ1) is 14.7. The maximum absolute atomic E-state index is 12.2. The van der Waals surface area contributed by atoms with Gasteiger partial charge in [0.05, 0.1) is 28.8 Å². The Balaban J connectivity index is 1.98. The zero-order chi connectivity index (χ0) is 13.8. The van der Waals surface area contributed by atoms with Crippen LogP contribution in [0.5, 0.6) is 0 Å². The van der Waals surface area contributed by atoms with Crippen molar-refractivity contribution in [3.8, 4) is 0 Å². The third-order valence-corrected chi connectivity index (χ3v) is 4.46. The second-order valence-corrected chi connectivity index (χ2v) is 5.70. The number of Topliss-reactive ketones (excluding diaryl/α,β-unsaturated/α-hetero) is 1. The van der Waals surface area contributed by atoms with Gasteiger partial charge >= 0.3 is 0 Å². The highest BCUT2D eigenvalue weighted by Crippen LogP contribution is 2.21. The minimum atomic E-state index is 0.261. The van der Waals surface area contributed by atoms with Crippen molar-refractivity contribution in [1.82, 2.24) is 20.0 Å². The molecular formula is C13H21BrN4O. The van der Waals surface area contributed by atoms with Crippen LogP contribution in [-0.4, -0.2) is 53.2 Å². The average molecular weight is 329 g/mol. The number of halogens is 1. The van der Waals surface area contributed by atoms with E-state index in [9.17, 15) is 4.79 Å². The van der Waals surface area contributed by atoms with Gasteiger partial charge in [0.15, 0.2) is 5.78 Å². The van der Waals surface area contributed by atoms with Gasteiger partial charge in [-0.2, -0.15) is 5.10 Å². The lowest BCUT2D eigenvalue weighted by Crippen LogP contribution is -2.45. The highest BCUT2D eigenvalue weighted by atomic mass is 79.9. The van der Waals surface area contributed by atoms with Crippen LogP contribution in [0.1, 0.15) is 18.3 Å². The molecule has 5 nitrogen and oxygen atoms in total. The Kier molecular flexibility index (Phi) is 5.13. The molecule has 106 valence electrons. The lowest BCUT2D eigenvalue weighted by molar-refractivity contribution is -0.119. The van der Waals surface area contributed by atoms with Gasteiger partial charge < -0.3 is 5.32 Å². The Morgan fingerprint density at radius 3 is 2.74 bits per heavy atom. The Hall–Kier alpha value is -0.720. The van der Waals surface area contributed by atoms with E-state index in [0.29, 0.717) is 13.0 Å². The van der Waals surface area contributed by atoms with Crippen molar-refractivity contribution in [3.63, 3.8) is 0 Å². The van der Waals surface area contributed by atoms with Crippen LogP contribution >= 0.6 is 15.9 Å². The molecule has 0 atom stereocenters. The molecule has 19 heavy (non-hydrogen) atoms. The number of rotatable bonds is 5. The number of carbonyl (C=O) groups excluding carboxylic acids is 1. The number of piperazine rings is 1. The van der Waals surface area contributed by atoms with E-state index in [2.05, 4.69) is 31.2 Å². The van der Waals surface area contributed by atoms with Crippen LogP contribution in [0.3, 0.4) is 0 Å². The number of nitrogens with zero attached hydrogens (tertiary/aromatic N) is 3. The SMILES string of the molecule is CCn1nc(C)c(Br)c1CC(=O)CN1CCNCC1. The van der Waals surface area contributed by atoms with Gasteiger partial charge in [-0.05, 0) is 29.8 Å². The second kappa shape index (κ2) is 6.63. The monoisotopic (exact) mass is 328 g/mol. The van der Waals surface area contributed by atoms with E-state index in [1.54, 1.807) is 0 Å². The fourth-order valence-electron chi connectivity index (χ4n) is 2.40. The predicted octanol–water partition coefficient (Wildman–Crippen LogP) is 0.991. The fraction of sp³-hybridized carbons (Fsp3) is 0.692. The van der Waals surface area contributed by atoms with Crippen molar-refractivity contribution in [3.05, 3.63) is 15.9 Å². The summed E-state index contributed by atoms with van der Waals surface area (Å²) in [4.78, 5) is 14.4. The number of nitrogens with one attached hydrogen (secondary N) is 1. The molecule has 1 aromatic heterocycles. The first-order valence-corrected chi connectivity index (χ1v) is 7.57. The zero-order valence-corrected chi connectivity index (χ0v) is 13.2. The summed E-state index contributed by atoms with van der Waals surface area (Å²) in [7, 11) is 0. The number of ketones is 1. The Labute approximate surface area is 122 Å². The van der Waals surface area contributed by atoms with Crippen molar-refractivity contribution < 1.29 is 4.79 Å². The van der Waals surface area contributed by atoms with Crippen LogP contribution in [0.2, 0.25) is 0 Å². The third kappa shape index (κ3) is 3.64. The lowest BCUT2D eigenvalue weighted by atomic mass is 10.2. The molecule has 0 amide bonds. The molecule has 1 fully saturated rings. The molecule has 1 aliphatic rings. The van der Waals surface area contributed by atoms with Crippen LogP contribution in [-0.2, 0) is 17.8 Å². The molecule has 1 aromatic rings. The Morgan fingerprint density at radius 1 is 1.42 bits per heavy atom. The number of aromatic nitrogens is 2. The molecule has 0 radical (unpaired) electrons. The average Bonchev–Trinajstić information content (AvgIpc) is 2.67. The van der Waals surface area contributed by atoms with E-state index >= 15 is 0 Å². The molecule has 0 saturated carbocycles. The molecule has 0 spiro atoms. The van der Waals surface area contributed by atoms with Crippen LogP contribution in [0, 0.1) is 6.92 Å². The smallest absolute Gasteiger partial charge is 0.152 e. The molecule has 0 bridgehead atoms. The summed E-state index contributed by atoms with van der Waals surface area (Å²) >= 11 is 3.54. The standard InChI is InChI=1S/C13H21BrN4O/c1-3-18-12(13(14)10(2)16-18)8-11(19)9-17-6-4-15-5-7-17/h15H,3-9H2,1-2H3. The van der Waals surface area contributed by atoms with E-state index in [1.807, 2.05) is 18.5 Å². The molecule has 1 saturated heterocycles. The quantitative estimate of drug-likeness (QED) is 0.875. The van der Waals surface area contributed by atoms with E-state index in [4.69, 9.17) is 0 Å². The minimum absolute atomic E-state index is 0.261. The topological polar surface area (TPSA) is 50.2 Å². The first-order chi connectivity index (χ1) is 9.11. The molecule has 0 aromatic carbocycles. The van der Waals surface area contributed by atoms with E-state index in [0.717, 1.165) is 48.6 Å². The van der Waals surface area contributed by atoms with Crippen LogP contribution in [0.15, 0.2) is 4.47 Å². The Bertz CT molecular complexity index is 452. The summed E-state index contributed by atoms with van der Waals surface area (Å²) in [6.07, 6.45) is 0.458. The van der Waals surface area contributed by atoms with Crippen molar-refractivity contribution in [2.45, 2.75) is 26.8 Å². The van der Waals surface area contributed by atoms with Gasteiger partial charge in [0.2, 0.25) is 0 Å². The fourth-order valence-corrected chi connectivity index (χ4v) is 2.82. The summed E-state index contributed by atoms with van der Waals surface area (Å²) in [6.45, 7) is 9.21. The van der Waals surface area contributed by atoms with Crippen molar-refractivity contribution >= 4 is 21.7 Å². The van der Waals surface area contributed by atoms with Gasteiger partial charge in [-0.15, -0.1) is 0 Å². The van der Waals surface area contributed by atoms with Gasteiger partial charge in [-0.3, -0.25) is 14.4 Å². The Morgan fingerprint density at radius 2 is 2.11 bits per heavy atom. The van der Waals surface area contributed by atoms with Crippen molar-refractivity contribution in [2.24, 2.45) is 0 Å². The minimum Gasteiger partial charge on any atom is -0.314 e. The highest BCUT2D eigenvalue weighted by Gasteiger charge is 2.18. The van der Waals surface area contributed by atoms with E-state index < -0.39 is 0 Å². The molecule has 6 heteroatoms. The summed E-state index contributed by atoms with van der Waals surface area (Å²) in [5.74, 6) is 0.261. The molecular weight excluding hydrogens is 308 g/mol. The second-order valence-electron chi connectivity index (χ2n) is 4.90. The molecule has 1 N–H and O–H groups in total. The third-order valence-electron chi connectivity index (χ3n) is 3.43.